The number of benzene rings is 2. The molecule has 4 nitrogen and oxygen atoms in total. The van der Waals surface area contributed by atoms with Crippen molar-refractivity contribution in [1.82, 2.24) is 0 Å². The summed E-state index contributed by atoms with van der Waals surface area (Å²) in [4.78, 5) is 10.6. The molecule has 1 atom stereocenters. The summed E-state index contributed by atoms with van der Waals surface area (Å²) in [6, 6.07) is 14.4. The molecular weight excluding hydrogens is 240 g/mol. The average molecular weight is 256 g/mol. The zero-order valence-electron chi connectivity index (χ0n) is 10.7. The lowest BCUT2D eigenvalue weighted by atomic mass is 9.98. The average Bonchev–Trinajstić information content (AvgIpc) is 2.39. The van der Waals surface area contributed by atoms with Crippen molar-refractivity contribution in [3.05, 3.63) is 75.3 Å². The van der Waals surface area contributed by atoms with Crippen LogP contribution in [0.1, 0.15) is 22.7 Å². The number of aryl methyl sites for hydroxylation is 1. The second kappa shape index (κ2) is 5.63. The zero-order chi connectivity index (χ0) is 13.8. The second-order valence-corrected chi connectivity index (χ2v) is 4.61. The summed E-state index contributed by atoms with van der Waals surface area (Å²) in [5.41, 5.74) is 9.08. The van der Waals surface area contributed by atoms with E-state index in [0.717, 1.165) is 5.56 Å². The molecule has 98 valence electrons. The van der Waals surface area contributed by atoms with E-state index in [0.29, 0.717) is 12.0 Å². The van der Waals surface area contributed by atoms with Gasteiger partial charge in [-0.05, 0) is 18.9 Å². The maximum atomic E-state index is 10.9. The first-order valence-corrected chi connectivity index (χ1v) is 6.12. The molecule has 0 aliphatic carbocycles. The molecular formula is C15H16N2O2. The third kappa shape index (κ3) is 3.17. The molecule has 0 saturated heterocycles. The van der Waals surface area contributed by atoms with Crippen LogP contribution in [0.25, 0.3) is 0 Å². The molecule has 0 saturated carbocycles. The molecule has 0 amide bonds. The second-order valence-electron chi connectivity index (χ2n) is 4.61. The highest BCUT2D eigenvalue weighted by Gasteiger charge is 2.16. The van der Waals surface area contributed by atoms with Crippen molar-refractivity contribution in [2.45, 2.75) is 19.4 Å². The van der Waals surface area contributed by atoms with Gasteiger partial charge in [0.1, 0.15) is 0 Å². The number of rotatable bonds is 4. The van der Waals surface area contributed by atoms with Gasteiger partial charge in [-0.1, -0.05) is 48.0 Å². The molecule has 0 bridgehead atoms. The maximum absolute atomic E-state index is 10.9. The van der Waals surface area contributed by atoms with Crippen molar-refractivity contribution in [2.24, 2.45) is 5.73 Å². The Kier molecular flexibility index (Phi) is 3.92. The highest BCUT2D eigenvalue weighted by Crippen LogP contribution is 2.23. The monoisotopic (exact) mass is 256 g/mol. The number of para-hydroxylation sites is 1. The van der Waals surface area contributed by atoms with E-state index in [4.69, 9.17) is 5.73 Å². The Labute approximate surface area is 112 Å². The van der Waals surface area contributed by atoms with Gasteiger partial charge in [0.25, 0.3) is 5.69 Å². The van der Waals surface area contributed by atoms with Crippen molar-refractivity contribution < 1.29 is 4.92 Å². The summed E-state index contributed by atoms with van der Waals surface area (Å²) >= 11 is 0. The van der Waals surface area contributed by atoms with Gasteiger partial charge in [-0.15, -0.1) is 0 Å². The van der Waals surface area contributed by atoms with Gasteiger partial charge in [0.05, 0.1) is 4.92 Å². The van der Waals surface area contributed by atoms with Crippen LogP contribution in [0.5, 0.6) is 0 Å². The number of nitrogens with two attached hydrogens (primary N) is 1. The first-order chi connectivity index (χ1) is 9.08. The van der Waals surface area contributed by atoms with Crippen LogP contribution in [0.4, 0.5) is 5.69 Å². The fourth-order valence-corrected chi connectivity index (χ4v) is 2.03. The molecule has 0 heterocycles. The van der Waals surface area contributed by atoms with Crippen molar-refractivity contribution >= 4 is 5.69 Å². The largest absolute Gasteiger partial charge is 0.324 e. The Morgan fingerprint density at radius 2 is 1.79 bits per heavy atom. The third-order valence-corrected chi connectivity index (χ3v) is 3.13. The fraction of sp³-hybridized carbons (Fsp3) is 0.200. The summed E-state index contributed by atoms with van der Waals surface area (Å²) in [5.74, 6) is 0. The normalized spacial score (nSPS) is 12.1. The van der Waals surface area contributed by atoms with Gasteiger partial charge in [0.2, 0.25) is 0 Å². The summed E-state index contributed by atoms with van der Waals surface area (Å²) in [5, 5.41) is 10.9. The Bertz CT molecular complexity index is 579. The molecule has 0 aliphatic rings. The lowest BCUT2D eigenvalue weighted by molar-refractivity contribution is -0.385. The number of nitrogens with zero attached hydrogens (tertiary/aromatic N) is 1. The van der Waals surface area contributed by atoms with Crippen LogP contribution in [0, 0.1) is 17.0 Å². The van der Waals surface area contributed by atoms with Gasteiger partial charge in [0, 0.05) is 17.7 Å². The van der Waals surface area contributed by atoms with Crippen LogP contribution in [0.15, 0.2) is 48.5 Å². The molecule has 2 N–H and O–H groups in total. The van der Waals surface area contributed by atoms with E-state index < -0.39 is 0 Å². The summed E-state index contributed by atoms with van der Waals surface area (Å²) < 4.78 is 0. The lowest BCUT2D eigenvalue weighted by Crippen LogP contribution is -2.14. The summed E-state index contributed by atoms with van der Waals surface area (Å²) in [6.07, 6.45) is 0.459. The Balaban J connectivity index is 2.21. The SMILES string of the molecule is Cc1ccc(C(N)Cc2ccccc2[N+](=O)[O-])cc1. The molecule has 2 aromatic rings. The van der Waals surface area contributed by atoms with Crippen molar-refractivity contribution in [3.63, 3.8) is 0 Å². The van der Waals surface area contributed by atoms with Crippen LogP contribution in [-0.4, -0.2) is 4.92 Å². The molecule has 2 aromatic carbocycles. The standard InChI is InChI=1S/C15H16N2O2/c1-11-6-8-12(9-7-11)14(16)10-13-4-2-3-5-15(13)17(18)19/h2-9,14H,10,16H2,1H3. The summed E-state index contributed by atoms with van der Waals surface area (Å²) in [7, 11) is 0. The molecule has 2 rings (SSSR count). The smallest absolute Gasteiger partial charge is 0.272 e. The van der Waals surface area contributed by atoms with Gasteiger partial charge >= 0.3 is 0 Å². The van der Waals surface area contributed by atoms with E-state index >= 15 is 0 Å². The third-order valence-electron chi connectivity index (χ3n) is 3.13. The minimum absolute atomic E-state index is 0.130. The van der Waals surface area contributed by atoms with E-state index in [2.05, 4.69) is 0 Å². The van der Waals surface area contributed by atoms with Crippen molar-refractivity contribution in [3.8, 4) is 0 Å². The molecule has 0 aliphatic heterocycles. The molecule has 19 heavy (non-hydrogen) atoms. The van der Waals surface area contributed by atoms with E-state index in [1.165, 1.54) is 11.6 Å². The first-order valence-electron chi connectivity index (χ1n) is 6.12. The fourth-order valence-electron chi connectivity index (χ4n) is 2.03. The Morgan fingerprint density at radius 1 is 1.16 bits per heavy atom. The quantitative estimate of drug-likeness (QED) is 0.674. The van der Waals surface area contributed by atoms with Crippen molar-refractivity contribution in [1.29, 1.82) is 0 Å². The van der Waals surface area contributed by atoms with E-state index in [1.54, 1.807) is 18.2 Å². The first kappa shape index (κ1) is 13.2. The van der Waals surface area contributed by atoms with Crippen LogP contribution >= 0.6 is 0 Å². The van der Waals surface area contributed by atoms with Gasteiger partial charge in [-0.25, -0.2) is 0 Å². The molecule has 4 heteroatoms. The predicted molar refractivity (Wildman–Crippen MR) is 74.9 cm³/mol. The van der Waals surface area contributed by atoms with E-state index in [1.807, 2.05) is 31.2 Å². The van der Waals surface area contributed by atoms with Gasteiger partial charge in [-0.2, -0.15) is 0 Å². The van der Waals surface area contributed by atoms with Crippen LogP contribution < -0.4 is 5.73 Å². The van der Waals surface area contributed by atoms with E-state index in [-0.39, 0.29) is 16.7 Å². The minimum atomic E-state index is -0.364. The molecule has 0 radical (unpaired) electrons. The topological polar surface area (TPSA) is 69.2 Å². The molecule has 0 aromatic heterocycles. The highest BCUT2D eigenvalue weighted by atomic mass is 16.6. The minimum Gasteiger partial charge on any atom is -0.324 e. The maximum Gasteiger partial charge on any atom is 0.272 e. The highest BCUT2D eigenvalue weighted by molar-refractivity contribution is 5.41. The van der Waals surface area contributed by atoms with Gasteiger partial charge < -0.3 is 5.73 Å². The molecule has 1 unspecified atom stereocenters. The van der Waals surface area contributed by atoms with Gasteiger partial charge in [-0.3, -0.25) is 10.1 Å². The number of nitro benzene ring substituents is 1. The van der Waals surface area contributed by atoms with Gasteiger partial charge in [0.15, 0.2) is 0 Å². The Morgan fingerprint density at radius 3 is 2.42 bits per heavy atom. The number of nitro groups is 1. The van der Waals surface area contributed by atoms with Crippen LogP contribution in [0.2, 0.25) is 0 Å². The number of hydrogen-bond acceptors (Lipinski definition) is 3. The number of hydrogen-bond donors (Lipinski definition) is 1. The molecule has 0 spiro atoms. The molecule has 0 fully saturated rings. The lowest BCUT2D eigenvalue weighted by Gasteiger charge is -2.12. The Hall–Kier alpha value is -2.20. The summed E-state index contributed by atoms with van der Waals surface area (Å²) in [6.45, 7) is 2.01. The van der Waals surface area contributed by atoms with Crippen LogP contribution in [0.3, 0.4) is 0 Å². The van der Waals surface area contributed by atoms with Crippen LogP contribution in [-0.2, 0) is 6.42 Å². The van der Waals surface area contributed by atoms with E-state index in [9.17, 15) is 10.1 Å². The predicted octanol–water partition coefficient (Wildman–Crippen LogP) is 3.15. The van der Waals surface area contributed by atoms with Crippen molar-refractivity contribution in [2.75, 3.05) is 0 Å². The zero-order valence-corrected chi connectivity index (χ0v) is 10.7.